The van der Waals surface area contributed by atoms with Crippen molar-refractivity contribution in [2.45, 2.75) is 25.5 Å². The van der Waals surface area contributed by atoms with Gasteiger partial charge < -0.3 is 9.47 Å². The maximum atomic E-state index is 12.3. The molecule has 5 nitrogen and oxygen atoms in total. The maximum absolute atomic E-state index is 12.3. The zero-order valence-electron chi connectivity index (χ0n) is 12.7. The Balaban J connectivity index is 2.00. The number of likely N-dealkylation sites (tertiary alicyclic amines) is 1. The van der Waals surface area contributed by atoms with E-state index in [2.05, 4.69) is 6.58 Å². The summed E-state index contributed by atoms with van der Waals surface area (Å²) in [5.74, 6) is -0.366. The van der Waals surface area contributed by atoms with Crippen LogP contribution in [0.4, 0.5) is 4.79 Å². The first-order valence-electron chi connectivity index (χ1n) is 7.33. The van der Waals surface area contributed by atoms with Crippen LogP contribution >= 0.6 is 0 Å². The summed E-state index contributed by atoms with van der Waals surface area (Å²) in [6.07, 6.45) is 2.69. The lowest BCUT2D eigenvalue weighted by Gasteiger charge is -2.25. The van der Waals surface area contributed by atoms with Crippen LogP contribution in [-0.4, -0.2) is 36.7 Å². The number of carbonyl (C=O) groups is 2. The molecular formula is C17H21NO4. The van der Waals surface area contributed by atoms with Crippen LogP contribution in [0.15, 0.2) is 43.0 Å². The molecule has 1 aliphatic heterocycles. The molecule has 0 saturated carbocycles. The van der Waals surface area contributed by atoms with Crippen molar-refractivity contribution in [3.8, 4) is 0 Å². The van der Waals surface area contributed by atoms with Gasteiger partial charge in [0.1, 0.15) is 12.6 Å². The molecule has 0 radical (unpaired) electrons. The molecule has 118 valence electrons. The van der Waals surface area contributed by atoms with Gasteiger partial charge in [0.2, 0.25) is 0 Å². The van der Waals surface area contributed by atoms with Crippen LogP contribution in [0.1, 0.15) is 18.4 Å². The van der Waals surface area contributed by atoms with Gasteiger partial charge in [-0.25, -0.2) is 9.59 Å². The van der Waals surface area contributed by atoms with Crippen LogP contribution in [0.2, 0.25) is 0 Å². The van der Waals surface area contributed by atoms with E-state index in [9.17, 15) is 9.59 Å². The third-order valence-corrected chi connectivity index (χ3v) is 3.87. The van der Waals surface area contributed by atoms with Crippen LogP contribution in [0, 0.1) is 5.92 Å². The monoisotopic (exact) mass is 303 g/mol. The van der Waals surface area contributed by atoms with Crippen molar-refractivity contribution in [1.82, 2.24) is 4.90 Å². The fourth-order valence-corrected chi connectivity index (χ4v) is 2.76. The van der Waals surface area contributed by atoms with Crippen molar-refractivity contribution in [3.05, 3.63) is 48.6 Å². The largest absolute Gasteiger partial charge is 0.467 e. The van der Waals surface area contributed by atoms with E-state index in [1.54, 1.807) is 6.08 Å². The zero-order valence-corrected chi connectivity index (χ0v) is 12.7. The number of hydrogen-bond donors (Lipinski definition) is 0. The predicted molar refractivity (Wildman–Crippen MR) is 82.1 cm³/mol. The zero-order chi connectivity index (χ0) is 15.9. The Labute approximate surface area is 130 Å². The molecule has 1 aromatic carbocycles. The van der Waals surface area contributed by atoms with Crippen LogP contribution in [-0.2, 0) is 20.9 Å². The molecule has 2 atom stereocenters. The van der Waals surface area contributed by atoms with Crippen molar-refractivity contribution in [2.75, 3.05) is 13.7 Å². The molecule has 5 heteroatoms. The van der Waals surface area contributed by atoms with Gasteiger partial charge in [-0.1, -0.05) is 36.4 Å². The van der Waals surface area contributed by atoms with Crippen LogP contribution in [0.25, 0.3) is 0 Å². The lowest BCUT2D eigenvalue weighted by molar-refractivity contribution is -0.146. The molecule has 0 aliphatic carbocycles. The van der Waals surface area contributed by atoms with Gasteiger partial charge in [0, 0.05) is 6.54 Å². The summed E-state index contributed by atoms with van der Waals surface area (Å²) < 4.78 is 10.1. The first-order valence-corrected chi connectivity index (χ1v) is 7.33. The molecule has 1 aliphatic rings. The van der Waals surface area contributed by atoms with E-state index in [-0.39, 0.29) is 12.5 Å². The molecule has 0 N–H and O–H groups in total. The lowest BCUT2D eigenvalue weighted by Crippen LogP contribution is -2.44. The van der Waals surface area contributed by atoms with Gasteiger partial charge in [-0.3, -0.25) is 4.90 Å². The number of carbonyl (C=O) groups excluding carboxylic acids is 2. The summed E-state index contributed by atoms with van der Waals surface area (Å²) in [5, 5.41) is 0. The topological polar surface area (TPSA) is 55.8 Å². The second-order valence-corrected chi connectivity index (χ2v) is 5.27. The fraction of sp³-hybridized carbons (Fsp3) is 0.412. The highest BCUT2D eigenvalue weighted by atomic mass is 16.6. The van der Waals surface area contributed by atoms with Gasteiger partial charge >= 0.3 is 12.1 Å². The van der Waals surface area contributed by atoms with E-state index >= 15 is 0 Å². The van der Waals surface area contributed by atoms with E-state index in [4.69, 9.17) is 9.47 Å². The van der Waals surface area contributed by atoms with Gasteiger partial charge in [-0.05, 0) is 24.3 Å². The van der Waals surface area contributed by atoms with Crippen LogP contribution in [0.5, 0.6) is 0 Å². The third kappa shape index (κ3) is 3.67. The molecular weight excluding hydrogens is 282 g/mol. The summed E-state index contributed by atoms with van der Waals surface area (Å²) in [4.78, 5) is 25.7. The maximum Gasteiger partial charge on any atom is 0.410 e. The van der Waals surface area contributed by atoms with Crippen molar-refractivity contribution >= 4 is 12.1 Å². The summed E-state index contributed by atoms with van der Waals surface area (Å²) in [6, 6.07) is 8.85. The SMILES string of the molecule is C=CC[C@@H]1CCN(C(=O)OCc2ccccc2)C1C(=O)OC. The molecule has 1 amide bonds. The number of esters is 1. The Morgan fingerprint density at radius 1 is 1.36 bits per heavy atom. The molecule has 1 fully saturated rings. The van der Waals surface area contributed by atoms with Gasteiger partial charge in [0.05, 0.1) is 7.11 Å². The minimum absolute atomic E-state index is 0.0363. The minimum Gasteiger partial charge on any atom is -0.467 e. The third-order valence-electron chi connectivity index (χ3n) is 3.87. The molecule has 0 bridgehead atoms. The van der Waals surface area contributed by atoms with E-state index in [1.165, 1.54) is 12.0 Å². The molecule has 22 heavy (non-hydrogen) atoms. The standard InChI is InChI=1S/C17H21NO4/c1-3-7-14-10-11-18(15(14)16(19)21-2)17(20)22-12-13-8-5-4-6-9-13/h3-6,8-9,14-15H,1,7,10-12H2,2H3/t14-,15?/m1/s1. The summed E-state index contributed by atoms with van der Waals surface area (Å²) >= 11 is 0. The van der Waals surface area contributed by atoms with Crippen molar-refractivity contribution in [1.29, 1.82) is 0 Å². The van der Waals surface area contributed by atoms with Crippen LogP contribution in [0.3, 0.4) is 0 Å². The number of amides is 1. The lowest BCUT2D eigenvalue weighted by atomic mass is 9.97. The summed E-state index contributed by atoms with van der Waals surface area (Å²) in [5.41, 5.74) is 0.910. The molecule has 0 aromatic heterocycles. The number of nitrogens with zero attached hydrogens (tertiary/aromatic N) is 1. The van der Waals surface area contributed by atoms with E-state index in [0.717, 1.165) is 12.0 Å². The second kappa shape index (κ2) is 7.64. The highest BCUT2D eigenvalue weighted by Gasteiger charge is 2.42. The Hall–Kier alpha value is -2.30. The van der Waals surface area contributed by atoms with Crippen molar-refractivity contribution in [3.63, 3.8) is 0 Å². The number of rotatable bonds is 5. The van der Waals surface area contributed by atoms with Crippen molar-refractivity contribution < 1.29 is 19.1 Å². The average Bonchev–Trinajstić information content (AvgIpc) is 2.97. The quantitative estimate of drug-likeness (QED) is 0.620. The van der Waals surface area contributed by atoms with Gasteiger partial charge in [0.25, 0.3) is 0 Å². The fourth-order valence-electron chi connectivity index (χ4n) is 2.76. The smallest absolute Gasteiger partial charge is 0.410 e. The Morgan fingerprint density at radius 2 is 2.09 bits per heavy atom. The molecule has 1 heterocycles. The number of benzene rings is 1. The van der Waals surface area contributed by atoms with Crippen LogP contribution < -0.4 is 0 Å². The molecule has 0 spiro atoms. The second-order valence-electron chi connectivity index (χ2n) is 5.27. The van der Waals surface area contributed by atoms with Gasteiger partial charge in [0.15, 0.2) is 0 Å². The summed E-state index contributed by atoms with van der Waals surface area (Å²) in [6.45, 7) is 4.39. The van der Waals surface area contributed by atoms with Gasteiger partial charge in [-0.15, -0.1) is 6.58 Å². The minimum atomic E-state index is -0.591. The van der Waals surface area contributed by atoms with Gasteiger partial charge in [-0.2, -0.15) is 0 Å². The van der Waals surface area contributed by atoms with E-state index in [0.29, 0.717) is 13.0 Å². The Kier molecular flexibility index (Phi) is 5.58. The highest BCUT2D eigenvalue weighted by Crippen LogP contribution is 2.29. The number of ether oxygens (including phenoxy) is 2. The highest BCUT2D eigenvalue weighted by molar-refractivity contribution is 5.82. The summed E-state index contributed by atoms with van der Waals surface area (Å²) in [7, 11) is 1.33. The Morgan fingerprint density at radius 3 is 2.73 bits per heavy atom. The molecule has 1 aromatic rings. The van der Waals surface area contributed by atoms with E-state index < -0.39 is 18.1 Å². The molecule has 1 unspecified atom stereocenters. The van der Waals surface area contributed by atoms with Crippen molar-refractivity contribution in [2.24, 2.45) is 5.92 Å². The number of methoxy groups -OCH3 is 1. The Bertz CT molecular complexity index is 529. The first kappa shape index (κ1) is 16.1. The number of allylic oxidation sites excluding steroid dienone is 1. The first-order chi connectivity index (χ1) is 10.7. The normalized spacial score (nSPS) is 20.5. The average molecular weight is 303 g/mol. The predicted octanol–water partition coefficient (Wildman–Crippen LogP) is 2.76. The van der Waals surface area contributed by atoms with E-state index in [1.807, 2.05) is 30.3 Å². The molecule has 1 saturated heterocycles. The number of hydrogen-bond acceptors (Lipinski definition) is 4. The molecule has 2 rings (SSSR count).